The zero-order chi connectivity index (χ0) is 18.8. The molecule has 0 aliphatic carbocycles. The van der Waals surface area contributed by atoms with Crippen LogP contribution in [-0.2, 0) is 17.8 Å². The Labute approximate surface area is 157 Å². The molecule has 0 saturated heterocycles. The maximum atomic E-state index is 12.9. The van der Waals surface area contributed by atoms with Crippen LogP contribution in [0.2, 0.25) is 0 Å². The summed E-state index contributed by atoms with van der Waals surface area (Å²) in [6.07, 6.45) is 2.12. The number of hydrogen-bond donors (Lipinski definition) is 3. The molecule has 0 saturated carbocycles. The standard InChI is InChI=1S/C19H24FN3O2S/c1-2-4-17(18(24)21-11-10-16-5-3-12-26-16)23-19(25)22-13-14-6-8-15(20)9-7-14/h3,5-9,12,17H,2,4,10-11,13H2,1H3,(H,21,24)(H2,22,23,25). The molecule has 0 fully saturated rings. The minimum Gasteiger partial charge on any atom is -0.354 e. The molecule has 1 unspecified atom stereocenters. The lowest BCUT2D eigenvalue weighted by atomic mass is 10.1. The highest BCUT2D eigenvalue weighted by molar-refractivity contribution is 7.09. The SMILES string of the molecule is CCCC(NC(=O)NCc1ccc(F)cc1)C(=O)NCCc1cccs1. The van der Waals surface area contributed by atoms with E-state index in [9.17, 15) is 14.0 Å². The van der Waals surface area contributed by atoms with Crippen molar-refractivity contribution in [2.75, 3.05) is 6.54 Å². The number of halogens is 1. The molecule has 1 atom stereocenters. The fourth-order valence-electron chi connectivity index (χ4n) is 2.44. The number of nitrogens with one attached hydrogen (secondary N) is 3. The van der Waals surface area contributed by atoms with E-state index in [0.29, 0.717) is 13.0 Å². The third-order valence-corrected chi connectivity index (χ3v) is 4.75. The molecule has 0 radical (unpaired) electrons. The normalized spacial score (nSPS) is 11.6. The Morgan fingerprint density at radius 1 is 1.15 bits per heavy atom. The number of amides is 3. The highest BCUT2D eigenvalue weighted by Crippen LogP contribution is 2.08. The van der Waals surface area contributed by atoms with Crippen molar-refractivity contribution < 1.29 is 14.0 Å². The van der Waals surface area contributed by atoms with E-state index >= 15 is 0 Å². The fraction of sp³-hybridized carbons (Fsp3) is 0.368. The average Bonchev–Trinajstić information content (AvgIpc) is 3.14. The third-order valence-electron chi connectivity index (χ3n) is 3.82. The molecule has 140 valence electrons. The Morgan fingerprint density at radius 2 is 1.92 bits per heavy atom. The Balaban J connectivity index is 1.76. The monoisotopic (exact) mass is 377 g/mol. The van der Waals surface area contributed by atoms with Gasteiger partial charge in [-0.2, -0.15) is 0 Å². The van der Waals surface area contributed by atoms with Crippen molar-refractivity contribution in [2.45, 2.75) is 38.8 Å². The van der Waals surface area contributed by atoms with Gasteiger partial charge in [0.25, 0.3) is 0 Å². The first-order chi connectivity index (χ1) is 12.6. The summed E-state index contributed by atoms with van der Waals surface area (Å²) < 4.78 is 12.9. The number of thiophene rings is 1. The molecular weight excluding hydrogens is 353 g/mol. The van der Waals surface area contributed by atoms with E-state index < -0.39 is 12.1 Å². The minimum absolute atomic E-state index is 0.180. The number of benzene rings is 1. The summed E-state index contributed by atoms with van der Waals surface area (Å²) in [7, 11) is 0. The maximum absolute atomic E-state index is 12.9. The number of hydrogen-bond acceptors (Lipinski definition) is 3. The number of carbonyl (C=O) groups is 2. The molecule has 7 heteroatoms. The predicted octanol–water partition coefficient (Wildman–Crippen LogP) is 3.21. The van der Waals surface area contributed by atoms with Gasteiger partial charge in [0.1, 0.15) is 11.9 Å². The number of rotatable bonds is 9. The zero-order valence-corrected chi connectivity index (χ0v) is 15.6. The van der Waals surface area contributed by atoms with Crippen LogP contribution in [0.5, 0.6) is 0 Å². The quantitative estimate of drug-likeness (QED) is 0.628. The van der Waals surface area contributed by atoms with Crippen LogP contribution in [-0.4, -0.2) is 24.5 Å². The second kappa shape index (κ2) is 10.6. The van der Waals surface area contributed by atoms with E-state index in [1.54, 1.807) is 23.5 Å². The van der Waals surface area contributed by atoms with Crippen LogP contribution in [0.4, 0.5) is 9.18 Å². The largest absolute Gasteiger partial charge is 0.354 e. The van der Waals surface area contributed by atoms with E-state index in [0.717, 1.165) is 18.4 Å². The molecule has 2 rings (SSSR count). The van der Waals surface area contributed by atoms with Gasteiger partial charge in [0.05, 0.1) is 0 Å². The van der Waals surface area contributed by atoms with E-state index in [1.165, 1.54) is 17.0 Å². The van der Waals surface area contributed by atoms with Crippen molar-refractivity contribution in [3.05, 3.63) is 58.0 Å². The molecular formula is C19H24FN3O2S. The fourth-order valence-corrected chi connectivity index (χ4v) is 3.15. The van der Waals surface area contributed by atoms with Crippen LogP contribution in [0.1, 0.15) is 30.2 Å². The Bertz CT molecular complexity index is 689. The Hall–Kier alpha value is -2.41. The van der Waals surface area contributed by atoms with Gasteiger partial charge in [-0.1, -0.05) is 31.5 Å². The lowest BCUT2D eigenvalue weighted by Crippen LogP contribution is -2.50. The van der Waals surface area contributed by atoms with Crippen LogP contribution in [0, 0.1) is 5.82 Å². The van der Waals surface area contributed by atoms with Crippen LogP contribution in [0.3, 0.4) is 0 Å². The number of urea groups is 1. The third kappa shape index (κ3) is 6.84. The first-order valence-electron chi connectivity index (χ1n) is 8.67. The van der Waals surface area contributed by atoms with Gasteiger partial charge in [-0.05, 0) is 42.0 Å². The van der Waals surface area contributed by atoms with E-state index in [-0.39, 0.29) is 18.3 Å². The van der Waals surface area contributed by atoms with E-state index in [1.807, 2.05) is 24.4 Å². The zero-order valence-electron chi connectivity index (χ0n) is 14.8. The Morgan fingerprint density at radius 3 is 2.58 bits per heavy atom. The molecule has 26 heavy (non-hydrogen) atoms. The molecule has 1 aromatic heterocycles. The summed E-state index contributed by atoms with van der Waals surface area (Å²) in [6.45, 7) is 2.77. The number of carbonyl (C=O) groups excluding carboxylic acids is 2. The van der Waals surface area contributed by atoms with Crippen molar-refractivity contribution >= 4 is 23.3 Å². The van der Waals surface area contributed by atoms with Gasteiger partial charge in [0.2, 0.25) is 5.91 Å². The molecule has 1 heterocycles. The molecule has 3 N–H and O–H groups in total. The molecule has 0 aliphatic heterocycles. The highest BCUT2D eigenvalue weighted by atomic mass is 32.1. The summed E-state index contributed by atoms with van der Waals surface area (Å²) in [5, 5.41) is 10.3. The van der Waals surface area contributed by atoms with Gasteiger partial charge < -0.3 is 16.0 Å². The second-order valence-corrected chi connectivity index (χ2v) is 6.95. The lowest BCUT2D eigenvalue weighted by molar-refractivity contribution is -0.123. The highest BCUT2D eigenvalue weighted by Gasteiger charge is 2.19. The van der Waals surface area contributed by atoms with Crippen LogP contribution < -0.4 is 16.0 Å². The van der Waals surface area contributed by atoms with Crippen molar-refractivity contribution in [3.8, 4) is 0 Å². The Kier molecular flexibility index (Phi) is 8.08. The second-order valence-electron chi connectivity index (χ2n) is 5.92. The summed E-state index contributed by atoms with van der Waals surface area (Å²) in [5.74, 6) is -0.499. The van der Waals surface area contributed by atoms with Crippen LogP contribution in [0.25, 0.3) is 0 Å². The van der Waals surface area contributed by atoms with Gasteiger partial charge in [-0.3, -0.25) is 4.79 Å². The predicted molar refractivity (Wildman–Crippen MR) is 102 cm³/mol. The molecule has 5 nitrogen and oxygen atoms in total. The molecule has 0 spiro atoms. The molecule has 1 aromatic carbocycles. The topological polar surface area (TPSA) is 70.2 Å². The average molecular weight is 377 g/mol. The summed E-state index contributed by atoms with van der Waals surface area (Å²) in [5.41, 5.74) is 0.786. The van der Waals surface area contributed by atoms with E-state index in [4.69, 9.17) is 0 Å². The van der Waals surface area contributed by atoms with E-state index in [2.05, 4.69) is 16.0 Å². The van der Waals surface area contributed by atoms with Crippen LogP contribution >= 0.6 is 11.3 Å². The molecule has 0 aliphatic rings. The first-order valence-corrected chi connectivity index (χ1v) is 9.55. The minimum atomic E-state index is -0.573. The van der Waals surface area contributed by atoms with Gasteiger partial charge in [-0.15, -0.1) is 11.3 Å². The molecule has 0 bridgehead atoms. The molecule has 3 amide bonds. The van der Waals surface area contributed by atoms with Crippen molar-refractivity contribution in [1.82, 2.24) is 16.0 Å². The van der Waals surface area contributed by atoms with Gasteiger partial charge in [-0.25, -0.2) is 9.18 Å². The van der Waals surface area contributed by atoms with Crippen molar-refractivity contribution in [3.63, 3.8) is 0 Å². The lowest BCUT2D eigenvalue weighted by Gasteiger charge is -2.18. The van der Waals surface area contributed by atoms with Crippen molar-refractivity contribution in [1.29, 1.82) is 0 Å². The van der Waals surface area contributed by atoms with Gasteiger partial charge >= 0.3 is 6.03 Å². The summed E-state index contributed by atoms with van der Waals surface area (Å²) in [6, 6.07) is 8.92. The van der Waals surface area contributed by atoms with Gasteiger partial charge in [0, 0.05) is 18.0 Å². The van der Waals surface area contributed by atoms with Crippen LogP contribution in [0.15, 0.2) is 41.8 Å². The maximum Gasteiger partial charge on any atom is 0.315 e. The summed E-state index contributed by atoms with van der Waals surface area (Å²) >= 11 is 1.65. The van der Waals surface area contributed by atoms with Gasteiger partial charge in [0.15, 0.2) is 0 Å². The molecule has 2 aromatic rings. The van der Waals surface area contributed by atoms with Crippen molar-refractivity contribution in [2.24, 2.45) is 0 Å². The smallest absolute Gasteiger partial charge is 0.315 e. The first kappa shape index (κ1) is 19.9. The summed E-state index contributed by atoms with van der Waals surface area (Å²) in [4.78, 5) is 25.6.